The van der Waals surface area contributed by atoms with Crippen LogP contribution >= 0.6 is 11.3 Å². The molecule has 1 aliphatic heterocycles. The van der Waals surface area contributed by atoms with Gasteiger partial charge in [0, 0.05) is 13.1 Å². The standard InChI is InChI=1S/C12H18N2O3S/c1-3-4-14-5-6-17-9(8-14)11-13-7-10(18-11)12(15)16-2/h7,9H,3-6,8H2,1-2H3. The van der Waals surface area contributed by atoms with Crippen molar-refractivity contribution in [2.75, 3.05) is 33.4 Å². The highest BCUT2D eigenvalue weighted by atomic mass is 32.1. The van der Waals surface area contributed by atoms with Crippen molar-refractivity contribution in [2.45, 2.75) is 19.4 Å². The Hall–Kier alpha value is -0.980. The molecule has 0 aromatic carbocycles. The summed E-state index contributed by atoms with van der Waals surface area (Å²) in [5.74, 6) is -0.333. The molecule has 2 heterocycles. The largest absolute Gasteiger partial charge is 0.465 e. The highest BCUT2D eigenvalue weighted by Gasteiger charge is 2.25. The van der Waals surface area contributed by atoms with Crippen LogP contribution in [0.25, 0.3) is 0 Å². The Kier molecular flexibility index (Phi) is 4.68. The van der Waals surface area contributed by atoms with Crippen molar-refractivity contribution in [3.8, 4) is 0 Å². The minimum atomic E-state index is -0.333. The van der Waals surface area contributed by atoms with Crippen LogP contribution in [0.2, 0.25) is 0 Å². The van der Waals surface area contributed by atoms with E-state index in [0.29, 0.717) is 4.88 Å². The number of ether oxygens (including phenoxy) is 2. The van der Waals surface area contributed by atoms with Gasteiger partial charge in [-0.05, 0) is 13.0 Å². The highest BCUT2D eigenvalue weighted by molar-refractivity contribution is 7.13. The number of nitrogens with zero attached hydrogens (tertiary/aromatic N) is 2. The molecule has 1 aliphatic rings. The summed E-state index contributed by atoms with van der Waals surface area (Å²) in [4.78, 5) is 18.5. The van der Waals surface area contributed by atoms with E-state index in [4.69, 9.17) is 4.74 Å². The fourth-order valence-electron chi connectivity index (χ4n) is 2.00. The van der Waals surface area contributed by atoms with E-state index in [9.17, 15) is 4.79 Å². The van der Waals surface area contributed by atoms with Crippen LogP contribution in [0.1, 0.15) is 34.1 Å². The second kappa shape index (κ2) is 6.26. The number of carbonyl (C=O) groups is 1. The van der Waals surface area contributed by atoms with Gasteiger partial charge < -0.3 is 9.47 Å². The zero-order valence-electron chi connectivity index (χ0n) is 10.7. The number of hydrogen-bond donors (Lipinski definition) is 0. The molecule has 6 heteroatoms. The van der Waals surface area contributed by atoms with Gasteiger partial charge in [0.05, 0.1) is 19.9 Å². The lowest BCUT2D eigenvalue weighted by molar-refractivity contribution is -0.0299. The first kappa shape index (κ1) is 13.5. The summed E-state index contributed by atoms with van der Waals surface area (Å²) in [6.07, 6.45) is 2.68. The lowest BCUT2D eigenvalue weighted by atomic mass is 10.2. The third-order valence-corrected chi connectivity index (χ3v) is 3.95. The molecular formula is C12H18N2O3S. The number of aromatic nitrogens is 1. The summed E-state index contributed by atoms with van der Waals surface area (Å²) < 4.78 is 10.4. The lowest BCUT2D eigenvalue weighted by Crippen LogP contribution is -2.38. The van der Waals surface area contributed by atoms with E-state index in [1.807, 2.05) is 0 Å². The number of hydrogen-bond acceptors (Lipinski definition) is 6. The van der Waals surface area contributed by atoms with Gasteiger partial charge in [-0.3, -0.25) is 4.90 Å². The first-order valence-corrected chi connectivity index (χ1v) is 6.94. The predicted molar refractivity (Wildman–Crippen MR) is 68.9 cm³/mol. The molecule has 0 N–H and O–H groups in total. The van der Waals surface area contributed by atoms with Crippen LogP contribution in [0.4, 0.5) is 0 Å². The summed E-state index contributed by atoms with van der Waals surface area (Å²) in [5, 5.41) is 0.858. The molecule has 1 saturated heterocycles. The zero-order valence-corrected chi connectivity index (χ0v) is 11.5. The molecule has 0 saturated carbocycles. The van der Waals surface area contributed by atoms with Gasteiger partial charge in [0.15, 0.2) is 0 Å². The van der Waals surface area contributed by atoms with Crippen molar-refractivity contribution in [2.24, 2.45) is 0 Å². The Balaban J connectivity index is 2.02. The fourth-order valence-corrected chi connectivity index (χ4v) is 2.88. The van der Waals surface area contributed by atoms with Crippen LogP contribution in [-0.2, 0) is 9.47 Å². The number of carbonyl (C=O) groups excluding carboxylic acids is 1. The monoisotopic (exact) mass is 270 g/mol. The minimum Gasteiger partial charge on any atom is -0.465 e. The summed E-state index contributed by atoms with van der Waals surface area (Å²) in [6, 6.07) is 0. The topological polar surface area (TPSA) is 51.7 Å². The van der Waals surface area contributed by atoms with Gasteiger partial charge in [0.2, 0.25) is 0 Å². The van der Waals surface area contributed by atoms with Crippen molar-refractivity contribution in [3.63, 3.8) is 0 Å². The Morgan fingerprint density at radius 3 is 3.28 bits per heavy atom. The maximum Gasteiger partial charge on any atom is 0.349 e. The number of esters is 1. The molecule has 18 heavy (non-hydrogen) atoms. The smallest absolute Gasteiger partial charge is 0.349 e. The van der Waals surface area contributed by atoms with Crippen LogP contribution in [0, 0.1) is 0 Å². The van der Waals surface area contributed by atoms with Crippen LogP contribution in [0.3, 0.4) is 0 Å². The van der Waals surface area contributed by atoms with Crippen LogP contribution < -0.4 is 0 Å². The maximum atomic E-state index is 11.4. The third-order valence-electron chi connectivity index (χ3n) is 2.88. The normalized spacial score (nSPS) is 20.9. The number of methoxy groups -OCH3 is 1. The summed E-state index contributed by atoms with van der Waals surface area (Å²) in [6.45, 7) is 5.79. The van der Waals surface area contributed by atoms with Crippen molar-refractivity contribution < 1.29 is 14.3 Å². The van der Waals surface area contributed by atoms with E-state index in [-0.39, 0.29) is 12.1 Å². The van der Waals surface area contributed by atoms with Gasteiger partial charge in [0.1, 0.15) is 16.0 Å². The predicted octanol–water partition coefficient (Wildman–Crippen LogP) is 1.71. The van der Waals surface area contributed by atoms with E-state index in [1.165, 1.54) is 18.4 Å². The van der Waals surface area contributed by atoms with Crippen molar-refractivity contribution >= 4 is 17.3 Å². The van der Waals surface area contributed by atoms with E-state index in [1.54, 1.807) is 6.20 Å². The minimum absolute atomic E-state index is 0.0197. The van der Waals surface area contributed by atoms with Gasteiger partial charge in [-0.1, -0.05) is 6.92 Å². The summed E-state index contributed by atoms with van der Waals surface area (Å²) in [5.41, 5.74) is 0. The zero-order chi connectivity index (χ0) is 13.0. The fraction of sp³-hybridized carbons (Fsp3) is 0.667. The molecular weight excluding hydrogens is 252 g/mol. The molecule has 0 aliphatic carbocycles. The van der Waals surface area contributed by atoms with Crippen molar-refractivity contribution in [1.29, 1.82) is 0 Å². The molecule has 1 atom stereocenters. The van der Waals surface area contributed by atoms with E-state index >= 15 is 0 Å². The van der Waals surface area contributed by atoms with Crippen LogP contribution in [0.15, 0.2) is 6.20 Å². The van der Waals surface area contributed by atoms with E-state index in [0.717, 1.165) is 37.7 Å². The molecule has 1 aromatic heterocycles. The molecule has 0 radical (unpaired) electrons. The number of rotatable bonds is 4. The van der Waals surface area contributed by atoms with E-state index in [2.05, 4.69) is 21.5 Å². The molecule has 1 fully saturated rings. The summed E-state index contributed by atoms with van der Waals surface area (Å²) >= 11 is 1.35. The first-order chi connectivity index (χ1) is 8.74. The molecule has 0 amide bonds. The van der Waals surface area contributed by atoms with Crippen LogP contribution in [-0.4, -0.2) is 49.2 Å². The van der Waals surface area contributed by atoms with Gasteiger partial charge in [0.25, 0.3) is 0 Å². The third kappa shape index (κ3) is 3.07. The average molecular weight is 270 g/mol. The van der Waals surface area contributed by atoms with Crippen LogP contribution in [0.5, 0.6) is 0 Å². The van der Waals surface area contributed by atoms with Gasteiger partial charge >= 0.3 is 5.97 Å². The molecule has 100 valence electrons. The summed E-state index contributed by atoms with van der Waals surface area (Å²) in [7, 11) is 1.38. The van der Waals surface area contributed by atoms with Gasteiger partial charge in [-0.15, -0.1) is 11.3 Å². The molecule has 1 unspecified atom stereocenters. The highest BCUT2D eigenvalue weighted by Crippen LogP contribution is 2.26. The number of morpholine rings is 1. The second-order valence-electron chi connectivity index (χ2n) is 4.21. The van der Waals surface area contributed by atoms with E-state index < -0.39 is 0 Å². The first-order valence-electron chi connectivity index (χ1n) is 6.12. The molecule has 0 spiro atoms. The maximum absolute atomic E-state index is 11.4. The number of thiazole rings is 1. The molecule has 0 bridgehead atoms. The molecule has 2 rings (SSSR count). The molecule has 1 aromatic rings. The Bertz CT molecular complexity index is 406. The van der Waals surface area contributed by atoms with Gasteiger partial charge in [-0.2, -0.15) is 0 Å². The van der Waals surface area contributed by atoms with Crippen molar-refractivity contribution in [1.82, 2.24) is 9.88 Å². The quantitative estimate of drug-likeness (QED) is 0.780. The Morgan fingerprint density at radius 1 is 1.72 bits per heavy atom. The Morgan fingerprint density at radius 2 is 2.56 bits per heavy atom. The van der Waals surface area contributed by atoms with Crippen molar-refractivity contribution in [3.05, 3.63) is 16.1 Å². The molecule has 5 nitrogen and oxygen atoms in total. The van der Waals surface area contributed by atoms with Gasteiger partial charge in [-0.25, -0.2) is 9.78 Å². The average Bonchev–Trinajstić information content (AvgIpc) is 2.88. The lowest BCUT2D eigenvalue weighted by Gasteiger charge is -2.31. The SMILES string of the molecule is CCCN1CCOC(c2ncc(C(=O)OC)s2)C1. The Labute approximate surface area is 111 Å². The second-order valence-corrected chi connectivity index (χ2v) is 5.28.